The van der Waals surface area contributed by atoms with E-state index in [0.717, 1.165) is 39.8 Å². The minimum Gasteiger partial charge on any atom is -0.354 e. The van der Waals surface area contributed by atoms with Gasteiger partial charge in [-0.15, -0.1) is 0 Å². The molecule has 0 saturated heterocycles. The molecule has 1 aromatic carbocycles. The molecule has 0 aromatic heterocycles. The van der Waals surface area contributed by atoms with Crippen molar-refractivity contribution in [3.63, 3.8) is 0 Å². The van der Waals surface area contributed by atoms with E-state index in [0.29, 0.717) is 0 Å². The number of rotatable bonds is 1. The number of halogens is 2. The number of nitrogens with one attached hydrogen (secondary N) is 2. The number of aryl methyl sites for hydroxylation is 1. The average molecular weight is 289 g/mol. The van der Waals surface area contributed by atoms with E-state index in [1.165, 1.54) is 0 Å². The topological polar surface area (TPSA) is 36.4 Å². The predicted molar refractivity (Wildman–Crippen MR) is 67.8 cm³/mol. The molecule has 0 aliphatic carbocycles. The lowest BCUT2D eigenvalue weighted by molar-refractivity contribution is 0.959. The Labute approximate surface area is 102 Å². The summed E-state index contributed by atoms with van der Waals surface area (Å²) >= 11 is 9.66. The highest BCUT2D eigenvalue weighted by Gasteiger charge is 2.11. The molecule has 80 valence electrons. The fourth-order valence-corrected chi connectivity index (χ4v) is 2.13. The Morgan fingerprint density at radius 2 is 2.33 bits per heavy atom. The Hall–Kier alpha value is -0.740. The van der Waals surface area contributed by atoms with Gasteiger partial charge in [0, 0.05) is 11.0 Å². The van der Waals surface area contributed by atoms with E-state index in [1.54, 1.807) is 0 Å². The molecule has 0 saturated carbocycles. The molecule has 0 amide bonds. The minimum atomic E-state index is 0.723. The summed E-state index contributed by atoms with van der Waals surface area (Å²) in [6, 6.07) is 3.94. The number of aliphatic imine (C=N–C) groups is 1. The Kier molecular flexibility index (Phi) is 3.17. The number of hydrogen-bond donors (Lipinski definition) is 2. The van der Waals surface area contributed by atoms with Gasteiger partial charge in [0.05, 0.1) is 17.3 Å². The van der Waals surface area contributed by atoms with Gasteiger partial charge in [0.15, 0.2) is 5.96 Å². The summed E-state index contributed by atoms with van der Waals surface area (Å²) in [4.78, 5) is 4.26. The molecule has 15 heavy (non-hydrogen) atoms. The van der Waals surface area contributed by atoms with Crippen LogP contribution in [-0.4, -0.2) is 19.0 Å². The van der Waals surface area contributed by atoms with Crippen molar-refractivity contribution >= 4 is 39.2 Å². The first-order valence-electron chi connectivity index (χ1n) is 4.68. The van der Waals surface area contributed by atoms with Gasteiger partial charge < -0.3 is 10.6 Å². The maximum absolute atomic E-state index is 6.20. The molecular weight excluding hydrogens is 277 g/mol. The van der Waals surface area contributed by atoms with Crippen LogP contribution in [-0.2, 0) is 0 Å². The molecule has 1 aliphatic rings. The van der Waals surface area contributed by atoms with E-state index in [2.05, 4.69) is 31.6 Å². The van der Waals surface area contributed by atoms with E-state index >= 15 is 0 Å². The van der Waals surface area contributed by atoms with E-state index in [1.807, 2.05) is 19.1 Å². The number of benzene rings is 1. The summed E-state index contributed by atoms with van der Waals surface area (Å²) in [7, 11) is 0. The zero-order valence-electron chi connectivity index (χ0n) is 8.27. The van der Waals surface area contributed by atoms with Crippen LogP contribution in [0.25, 0.3) is 0 Å². The SMILES string of the molecule is Cc1ccc(Br)c(NC2=NCCN2)c1Cl. The Balaban J connectivity index is 2.30. The highest BCUT2D eigenvalue weighted by atomic mass is 79.9. The van der Waals surface area contributed by atoms with Gasteiger partial charge in [0.1, 0.15) is 0 Å². The molecule has 2 rings (SSSR count). The number of anilines is 1. The lowest BCUT2D eigenvalue weighted by atomic mass is 10.2. The summed E-state index contributed by atoms with van der Waals surface area (Å²) < 4.78 is 0.939. The third kappa shape index (κ3) is 2.26. The second-order valence-corrected chi connectivity index (χ2v) is 4.57. The van der Waals surface area contributed by atoms with Crippen molar-refractivity contribution in [2.45, 2.75) is 6.92 Å². The minimum absolute atomic E-state index is 0.723. The fraction of sp³-hybridized carbons (Fsp3) is 0.300. The van der Waals surface area contributed by atoms with Crippen LogP contribution in [0.2, 0.25) is 5.02 Å². The second kappa shape index (κ2) is 4.41. The highest BCUT2D eigenvalue weighted by Crippen LogP contribution is 2.33. The third-order valence-electron chi connectivity index (χ3n) is 2.20. The first kappa shape index (κ1) is 10.8. The lowest BCUT2D eigenvalue weighted by Crippen LogP contribution is -2.26. The van der Waals surface area contributed by atoms with E-state index in [-0.39, 0.29) is 0 Å². The van der Waals surface area contributed by atoms with Gasteiger partial charge in [0.25, 0.3) is 0 Å². The molecule has 0 bridgehead atoms. The van der Waals surface area contributed by atoms with E-state index in [4.69, 9.17) is 11.6 Å². The van der Waals surface area contributed by atoms with Crippen LogP contribution in [0.3, 0.4) is 0 Å². The van der Waals surface area contributed by atoms with Crippen LogP contribution < -0.4 is 10.6 Å². The van der Waals surface area contributed by atoms with Crippen molar-refractivity contribution < 1.29 is 0 Å². The van der Waals surface area contributed by atoms with Crippen molar-refractivity contribution in [2.24, 2.45) is 4.99 Å². The zero-order valence-corrected chi connectivity index (χ0v) is 10.6. The van der Waals surface area contributed by atoms with Crippen LogP contribution in [0.1, 0.15) is 5.56 Å². The van der Waals surface area contributed by atoms with Crippen molar-refractivity contribution in [1.82, 2.24) is 5.32 Å². The van der Waals surface area contributed by atoms with Gasteiger partial charge in [-0.2, -0.15) is 0 Å². The second-order valence-electron chi connectivity index (χ2n) is 3.34. The van der Waals surface area contributed by atoms with Crippen LogP contribution in [0, 0.1) is 6.92 Å². The Morgan fingerprint density at radius 1 is 1.53 bits per heavy atom. The number of hydrogen-bond acceptors (Lipinski definition) is 3. The molecule has 0 radical (unpaired) electrons. The lowest BCUT2D eigenvalue weighted by Gasteiger charge is -2.12. The average Bonchev–Trinajstić information content (AvgIpc) is 2.71. The van der Waals surface area contributed by atoms with Crippen LogP contribution >= 0.6 is 27.5 Å². The first-order valence-corrected chi connectivity index (χ1v) is 5.85. The summed E-state index contributed by atoms with van der Waals surface area (Å²) in [5, 5.41) is 7.04. The molecule has 2 N–H and O–H groups in total. The first-order chi connectivity index (χ1) is 7.18. The molecule has 3 nitrogen and oxygen atoms in total. The molecule has 0 fully saturated rings. The smallest absolute Gasteiger partial charge is 0.195 e. The van der Waals surface area contributed by atoms with Crippen LogP contribution in [0.15, 0.2) is 21.6 Å². The normalized spacial score (nSPS) is 14.7. The molecule has 1 aromatic rings. The summed E-state index contributed by atoms with van der Waals surface area (Å²) in [6.45, 7) is 3.66. The summed E-state index contributed by atoms with van der Waals surface area (Å²) in [5.41, 5.74) is 1.91. The Morgan fingerprint density at radius 3 is 3.00 bits per heavy atom. The molecule has 5 heteroatoms. The zero-order chi connectivity index (χ0) is 10.8. The number of guanidine groups is 1. The maximum atomic E-state index is 6.20. The standard InChI is InChI=1S/C10H11BrClN3/c1-6-2-3-7(11)9(8(6)12)15-10-13-4-5-14-10/h2-3H,4-5H2,1H3,(H2,13,14,15). The predicted octanol–water partition coefficient (Wildman–Crippen LogP) is 2.78. The van der Waals surface area contributed by atoms with Crippen molar-refractivity contribution in [1.29, 1.82) is 0 Å². The summed E-state index contributed by atoms with van der Waals surface area (Å²) in [5.74, 6) is 0.781. The largest absolute Gasteiger partial charge is 0.354 e. The van der Waals surface area contributed by atoms with E-state index in [9.17, 15) is 0 Å². The highest BCUT2D eigenvalue weighted by molar-refractivity contribution is 9.10. The third-order valence-corrected chi connectivity index (χ3v) is 3.35. The maximum Gasteiger partial charge on any atom is 0.195 e. The molecule has 0 atom stereocenters. The van der Waals surface area contributed by atoms with Gasteiger partial charge in [-0.3, -0.25) is 4.99 Å². The fourth-order valence-electron chi connectivity index (χ4n) is 1.37. The number of nitrogens with zero attached hydrogens (tertiary/aromatic N) is 1. The van der Waals surface area contributed by atoms with Gasteiger partial charge in [-0.1, -0.05) is 17.7 Å². The summed E-state index contributed by atoms with van der Waals surface area (Å²) in [6.07, 6.45) is 0. The Bertz CT molecular complexity index is 417. The molecule has 1 heterocycles. The van der Waals surface area contributed by atoms with Crippen molar-refractivity contribution in [2.75, 3.05) is 18.4 Å². The molecule has 0 spiro atoms. The van der Waals surface area contributed by atoms with Crippen LogP contribution in [0.4, 0.5) is 5.69 Å². The van der Waals surface area contributed by atoms with Gasteiger partial charge in [-0.25, -0.2) is 0 Å². The molecular formula is C10H11BrClN3. The monoisotopic (exact) mass is 287 g/mol. The quantitative estimate of drug-likeness (QED) is 0.834. The molecule has 0 unspecified atom stereocenters. The van der Waals surface area contributed by atoms with E-state index < -0.39 is 0 Å². The van der Waals surface area contributed by atoms with Crippen LogP contribution in [0.5, 0.6) is 0 Å². The molecule has 1 aliphatic heterocycles. The van der Waals surface area contributed by atoms with Gasteiger partial charge in [-0.05, 0) is 34.5 Å². The van der Waals surface area contributed by atoms with Gasteiger partial charge >= 0.3 is 0 Å². The van der Waals surface area contributed by atoms with Gasteiger partial charge in [0.2, 0.25) is 0 Å². The van der Waals surface area contributed by atoms with Crippen molar-refractivity contribution in [3.05, 3.63) is 27.2 Å². The van der Waals surface area contributed by atoms with Crippen molar-refractivity contribution in [3.8, 4) is 0 Å².